The molecule has 0 N–H and O–H groups in total. The van der Waals surface area contributed by atoms with Crippen molar-refractivity contribution in [1.82, 2.24) is 0 Å². The second-order valence-corrected chi connectivity index (χ2v) is 2.31. The normalized spacial score (nSPS) is 8.22. The minimum Gasteiger partial charge on any atom is -0.0843 e. The Morgan fingerprint density at radius 2 is 1.44 bits per heavy atom. The van der Waals surface area contributed by atoms with Crippen LogP contribution in [0.15, 0.2) is 24.3 Å². The molecule has 0 aliphatic rings. The van der Waals surface area contributed by atoms with Gasteiger partial charge in [0.1, 0.15) is 0 Å². The van der Waals surface area contributed by atoms with Crippen LogP contribution >= 0.6 is 23.2 Å². The summed E-state index contributed by atoms with van der Waals surface area (Å²) in [6.45, 7) is 0. The maximum atomic E-state index is 5.56. The first kappa shape index (κ1) is 9.42. The van der Waals surface area contributed by atoms with Crippen molar-refractivity contribution >= 4 is 23.2 Å². The van der Waals surface area contributed by atoms with Crippen molar-refractivity contribution in [3.63, 3.8) is 0 Å². The van der Waals surface area contributed by atoms with Crippen LogP contribution in [0.5, 0.6) is 0 Å². The van der Waals surface area contributed by atoms with Gasteiger partial charge in [0.2, 0.25) is 0 Å². The summed E-state index contributed by atoms with van der Waals surface area (Å²) in [6, 6.07) is 7.08. The van der Waals surface area contributed by atoms with Crippen molar-refractivity contribution in [3.05, 3.63) is 34.3 Å². The minimum absolute atomic E-state index is 0. The van der Waals surface area contributed by atoms with Crippen LogP contribution in [0.2, 0.25) is 10.0 Å². The summed E-state index contributed by atoms with van der Waals surface area (Å²) in [5.41, 5.74) is 0. The Bertz CT molecular complexity index is 171. The van der Waals surface area contributed by atoms with Crippen molar-refractivity contribution in [3.8, 4) is 0 Å². The smallest absolute Gasteiger partial charge is 0.0420 e. The zero-order valence-corrected chi connectivity index (χ0v) is 7.55. The maximum Gasteiger partial charge on any atom is 0.0420 e. The van der Waals surface area contributed by atoms with Crippen LogP contribution in [0.4, 0.5) is 0 Å². The molecule has 3 heteroatoms. The maximum absolute atomic E-state index is 5.56. The van der Waals surface area contributed by atoms with Gasteiger partial charge in [0.25, 0.3) is 0 Å². The van der Waals surface area contributed by atoms with Gasteiger partial charge >= 0.3 is 0 Å². The summed E-state index contributed by atoms with van der Waals surface area (Å²) in [5, 5.41) is 1.36. The molecule has 51 valence electrons. The second-order valence-electron chi connectivity index (χ2n) is 1.44. The van der Waals surface area contributed by atoms with Gasteiger partial charge in [-0.05, 0) is 18.2 Å². The number of hydrogen-bond acceptors (Lipinski definition) is 0. The van der Waals surface area contributed by atoms with Gasteiger partial charge in [-0.1, -0.05) is 29.3 Å². The molecule has 0 spiro atoms. The van der Waals surface area contributed by atoms with E-state index in [4.69, 9.17) is 23.2 Å². The van der Waals surface area contributed by atoms with Crippen molar-refractivity contribution in [1.29, 1.82) is 0 Å². The zero-order chi connectivity index (χ0) is 5.98. The predicted molar refractivity (Wildman–Crippen MR) is 36.5 cm³/mol. The summed E-state index contributed by atoms with van der Waals surface area (Å²) in [5.74, 6) is 0. The van der Waals surface area contributed by atoms with Gasteiger partial charge in [0, 0.05) is 29.5 Å². The van der Waals surface area contributed by atoms with E-state index < -0.39 is 0 Å². The molecule has 1 aromatic carbocycles. The molecule has 0 amide bonds. The number of benzene rings is 1. The molecule has 0 unspecified atom stereocenters. The molecule has 1 rings (SSSR count). The van der Waals surface area contributed by atoms with Crippen LogP contribution < -0.4 is 0 Å². The molecule has 0 heterocycles. The van der Waals surface area contributed by atoms with E-state index in [2.05, 4.69) is 0 Å². The third kappa shape index (κ3) is 3.20. The Labute approximate surface area is 76.9 Å². The largest absolute Gasteiger partial charge is 0.0843 e. The fraction of sp³-hybridized carbons (Fsp3) is 0. The van der Waals surface area contributed by atoms with Crippen molar-refractivity contribution in [2.45, 2.75) is 0 Å². The molecule has 0 aliphatic heterocycles. The zero-order valence-electron chi connectivity index (χ0n) is 4.40. The topological polar surface area (TPSA) is 0 Å². The molecule has 0 atom stereocenters. The minimum atomic E-state index is 0. The van der Waals surface area contributed by atoms with Crippen LogP contribution in [0, 0.1) is 0 Å². The van der Waals surface area contributed by atoms with Gasteiger partial charge < -0.3 is 0 Å². The molecule has 0 bridgehead atoms. The van der Waals surface area contributed by atoms with E-state index in [9.17, 15) is 0 Å². The number of rotatable bonds is 0. The summed E-state index contributed by atoms with van der Waals surface area (Å²) < 4.78 is 0. The molecule has 0 nitrogen and oxygen atoms in total. The number of halogens is 2. The standard InChI is InChI=1S/C6H4Cl2.Rh/c7-5-2-1-3-6(8)4-5;/h1-4H;. The van der Waals surface area contributed by atoms with Gasteiger partial charge in [0.15, 0.2) is 0 Å². The Balaban J connectivity index is 0.000000640. The molecule has 0 aromatic heterocycles. The van der Waals surface area contributed by atoms with Crippen LogP contribution in [0.25, 0.3) is 0 Å². The molecule has 0 saturated heterocycles. The van der Waals surface area contributed by atoms with E-state index in [0.29, 0.717) is 10.0 Å². The van der Waals surface area contributed by atoms with Gasteiger partial charge in [-0.15, -0.1) is 0 Å². The monoisotopic (exact) mass is 249 g/mol. The Hall–Kier alpha value is 0.423. The molecule has 0 aliphatic carbocycles. The molecule has 0 fully saturated rings. The first-order valence-corrected chi connectivity index (χ1v) is 2.96. The van der Waals surface area contributed by atoms with Crippen LogP contribution in [0.1, 0.15) is 0 Å². The van der Waals surface area contributed by atoms with Crippen molar-refractivity contribution in [2.24, 2.45) is 0 Å². The van der Waals surface area contributed by atoms with Crippen molar-refractivity contribution in [2.75, 3.05) is 0 Å². The van der Waals surface area contributed by atoms with Crippen LogP contribution in [-0.2, 0) is 19.5 Å². The Morgan fingerprint density at radius 3 is 1.67 bits per heavy atom. The fourth-order valence-electron chi connectivity index (χ4n) is 0.460. The van der Waals surface area contributed by atoms with E-state index >= 15 is 0 Å². The summed E-state index contributed by atoms with van der Waals surface area (Å²) >= 11 is 11.1. The molecule has 0 saturated carbocycles. The predicted octanol–water partition coefficient (Wildman–Crippen LogP) is 2.99. The van der Waals surface area contributed by atoms with Crippen LogP contribution in [-0.4, -0.2) is 0 Å². The fourth-order valence-corrected chi connectivity index (χ4v) is 0.896. The van der Waals surface area contributed by atoms with Gasteiger partial charge in [0.05, 0.1) is 0 Å². The van der Waals surface area contributed by atoms with Crippen LogP contribution in [0.3, 0.4) is 0 Å². The quantitative estimate of drug-likeness (QED) is 0.621. The number of hydrogen-bond donors (Lipinski definition) is 0. The Kier molecular flexibility index (Phi) is 4.47. The Morgan fingerprint density at radius 1 is 1.00 bits per heavy atom. The van der Waals surface area contributed by atoms with E-state index in [-0.39, 0.29) is 19.5 Å². The summed E-state index contributed by atoms with van der Waals surface area (Å²) in [4.78, 5) is 0. The summed E-state index contributed by atoms with van der Waals surface area (Å²) in [7, 11) is 0. The molecule has 9 heavy (non-hydrogen) atoms. The molecule has 1 aromatic rings. The first-order valence-electron chi connectivity index (χ1n) is 2.20. The van der Waals surface area contributed by atoms with Gasteiger partial charge in [-0.3, -0.25) is 0 Å². The third-order valence-electron chi connectivity index (χ3n) is 0.787. The van der Waals surface area contributed by atoms with Gasteiger partial charge in [-0.2, -0.15) is 0 Å². The average molecular weight is 250 g/mol. The molecule has 1 radical (unpaired) electrons. The van der Waals surface area contributed by atoms with E-state index in [0.717, 1.165) is 0 Å². The molecular formula is C6H4Cl2Rh. The van der Waals surface area contributed by atoms with E-state index in [1.807, 2.05) is 6.07 Å². The van der Waals surface area contributed by atoms with E-state index in [1.54, 1.807) is 18.2 Å². The average Bonchev–Trinajstić information content (AvgIpc) is 1.64. The van der Waals surface area contributed by atoms with Crippen molar-refractivity contribution < 1.29 is 19.5 Å². The first-order chi connectivity index (χ1) is 3.79. The SMILES string of the molecule is Clc1cccc(Cl)c1.[Rh]. The summed E-state index contributed by atoms with van der Waals surface area (Å²) in [6.07, 6.45) is 0. The second kappa shape index (κ2) is 4.27. The molecular weight excluding hydrogens is 246 g/mol. The van der Waals surface area contributed by atoms with E-state index in [1.165, 1.54) is 0 Å². The third-order valence-corrected chi connectivity index (χ3v) is 1.26. The van der Waals surface area contributed by atoms with Gasteiger partial charge in [-0.25, -0.2) is 0 Å².